The van der Waals surface area contributed by atoms with Gasteiger partial charge in [0.25, 0.3) is 5.91 Å². The molecule has 1 amide bonds. The van der Waals surface area contributed by atoms with E-state index >= 15 is 0 Å². The van der Waals surface area contributed by atoms with Crippen molar-refractivity contribution in [1.29, 1.82) is 0 Å². The number of carbonyl (C=O) groups is 1. The molecule has 0 heterocycles. The second kappa shape index (κ2) is 11.8. The molecule has 0 aromatic heterocycles. The summed E-state index contributed by atoms with van der Waals surface area (Å²) < 4.78 is 13.0. The first-order valence-electron chi connectivity index (χ1n) is 9.76. The lowest BCUT2D eigenvalue weighted by Crippen LogP contribution is -2.36. The van der Waals surface area contributed by atoms with E-state index in [4.69, 9.17) is 0 Å². The van der Waals surface area contributed by atoms with Crippen molar-refractivity contribution >= 4 is 11.9 Å². The van der Waals surface area contributed by atoms with Crippen LogP contribution < -0.4 is 16.0 Å². The summed E-state index contributed by atoms with van der Waals surface area (Å²) in [6.45, 7) is 5.10. The lowest BCUT2D eigenvalue weighted by atomic mass is 10.1. The van der Waals surface area contributed by atoms with Crippen molar-refractivity contribution in [3.8, 4) is 0 Å². The molecular formula is C22H30FN5O. The molecule has 6 nitrogen and oxygen atoms in total. The molecule has 2 aromatic rings. The third-order valence-corrected chi connectivity index (χ3v) is 4.17. The lowest BCUT2D eigenvalue weighted by molar-refractivity contribution is 0.0951. The fraction of sp³-hybridized carbons (Fsp3) is 0.364. The van der Waals surface area contributed by atoms with Crippen LogP contribution in [-0.4, -0.2) is 50.5 Å². The zero-order valence-corrected chi connectivity index (χ0v) is 17.3. The summed E-state index contributed by atoms with van der Waals surface area (Å²) in [5, 5.41) is 9.34. The van der Waals surface area contributed by atoms with E-state index in [0.29, 0.717) is 31.2 Å². The Morgan fingerprint density at radius 1 is 1.03 bits per heavy atom. The first-order chi connectivity index (χ1) is 14.0. The monoisotopic (exact) mass is 399 g/mol. The second-order valence-electron chi connectivity index (χ2n) is 6.93. The van der Waals surface area contributed by atoms with Gasteiger partial charge in [-0.3, -0.25) is 4.79 Å². The number of halogens is 1. The summed E-state index contributed by atoms with van der Waals surface area (Å²) in [6, 6.07) is 13.8. The SMILES string of the molecule is CCNC(=NCc1cccc(C(=O)NCCN(C)C)c1)NCc1ccc(F)cc1. The largest absolute Gasteiger partial charge is 0.357 e. The molecule has 2 rings (SSSR count). The van der Waals surface area contributed by atoms with Gasteiger partial charge in [0.2, 0.25) is 0 Å². The molecule has 0 aliphatic heterocycles. The number of aliphatic imine (C=N–C) groups is 1. The van der Waals surface area contributed by atoms with E-state index in [0.717, 1.165) is 24.2 Å². The molecule has 29 heavy (non-hydrogen) atoms. The van der Waals surface area contributed by atoms with Crippen molar-refractivity contribution < 1.29 is 9.18 Å². The maximum absolute atomic E-state index is 13.0. The van der Waals surface area contributed by atoms with Gasteiger partial charge in [0.1, 0.15) is 5.82 Å². The topological polar surface area (TPSA) is 68.8 Å². The third-order valence-electron chi connectivity index (χ3n) is 4.17. The zero-order chi connectivity index (χ0) is 21.1. The molecule has 0 radical (unpaired) electrons. The molecular weight excluding hydrogens is 369 g/mol. The van der Waals surface area contributed by atoms with Gasteiger partial charge in [-0.05, 0) is 56.4 Å². The maximum atomic E-state index is 13.0. The fourth-order valence-corrected chi connectivity index (χ4v) is 2.61. The van der Waals surface area contributed by atoms with E-state index in [9.17, 15) is 9.18 Å². The van der Waals surface area contributed by atoms with Crippen molar-refractivity contribution in [3.05, 3.63) is 71.0 Å². The Kier molecular flexibility index (Phi) is 9.11. The van der Waals surface area contributed by atoms with Gasteiger partial charge in [-0.15, -0.1) is 0 Å². The van der Waals surface area contributed by atoms with E-state index in [1.807, 2.05) is 44.1 Å². The number of rotatable bonds is 9. The predicted molar refractivity (Wildman–Crippen MR) is 115 cm³/mol. The summed E-state index contributed by atoms with van der Waals surface area (Å²) in [4.78, 5) is 18.9. The lowest BCUT2D eigenvalue weighted by Gasteiger charge is -2.12. The number of carbonyl (C=O) groups excluding carboxylic acids is 1. The van der Waals surface area contributed by atoms with Gasteiger partial charge in [0, 0.05) is 31.7 Å². The minimum Gasteiger partial charge on any atom is -0.357 e. The normalized spacial score (nSPS) is 11.4. The van der Waals surface area contributed by atoms with E-state index in [1.54, 1.807) is 18.2 Å². The number of benzene rings is 2. The number of nitrogens with zero attached hydrogens (tertiary/aromatic N) is 2. The Labute approximate surface area is 172 Å². The molecule has 0 atom stereocenters. The van der Waals surface area contributed by atoms with Crippen LogP contribution >= 0.6 is 0 Å². The Morgan fingerprint density at radius 3 is 2.48 bits per heavy atom. The van der Waals surface area contributed by atoms with Crippen molar-refractivity contribution in [3.63, 3.8) is 0 Å². The van der Waals surface area contributed by atoms with Gasteiger partial charge >= 0.3 is 0 Å². The van der Waals surface area contributed by atoms with Crippen molar-refractivity contribution in [1.82, 2.24) is 20.9 Å². The van der Waals surface area contributed by atoms with Crippen LogP contribution in [0.4, 0.5) is 4.39 Å². The van der Waals surface area contributed by atoms with Crippen LogP contribution in [-0.2, 0) is 13.1 Å². The molecule has 0 aliphatic rings. The van der Waals surface area contributed by atoms with Crippen LogP contribution in [0.25, 0.3) is 0 Å². The molecule has 0 spiro atoms. The average Bonchev–Trinajstić information content (AvgIpc) is 2.71. The molecule has 3 N–H and O–H groups in total. The molecule has 2 aromatic carbocycles. The van der Waals surface area contributed by atoms with Crippen LogP contribution in [0.3, 0.4) is 0 Å². The molecule has 0 saturated carbocycles. The minimum atomic E-state index is -0.250. The quantitative estimate of drug-likeness (QED) is 0.447. The van der Waals surface area contributed by atoms with E-state index in [-0.39, 0.29) is 11.7 Å². The van der Waals surface area contributed by atoms with Gasteiger partial charge < -0.3 is 20.9 Å². The van der Waals surface area contributed by atoms with Gasteiger partial charge in [-0.1, -0.05) is 24.3 Å². The smallest absolute Gasteiger partial charge is 0.251 e. The summed E-state index contributed by atoms with van der Waals surface area (Å²) >= 11 is 0. The maximum Gasteiger partial charge on any atom is 0.251 e. The number of guanidine groups is 1. The summed E-state index contributed by atoms with van der Waals surface area (Å²) in [5.41, 5.74) is 2.54. The molecule has 7 heteroatoms. The van der Waals surface area contributed by atoms with Crippen LogP contribution in [0.15, 0.2) is 53.5 Å². The van der Waals surface area contributed by atoms with Crippen LogP contribution in [0.2, 0.25) is 0 Å². The number of nitrogens with one attached hydrogen (secondary N) is 3. The number of hydrogen-bond donors (Lipinski definition) is 3. The van der Waals surface area contributed by atoms with Gasteiger partial charge in [0.15, 0.2) is 5.96 Å². The van der Waals surface area contributed by atoms with Crippen LogP contribution in [0, 0.1) is 5.82 Å². The minimum absolute atomic E-state index is 0.0842. The Hall–Kier alpha value is -2.93. The van der Waals surface area contributed by atoms with Gasteiger partial charge in [-0.25, -0.2) is 9.38 Å². The molecule has 0 saturated heterocycles. The molecule has 0 fully saturated rings. The molecule has 0 aliphatic carbocycles. The highest BCUT2D eigenvalue weighted by atomic mass is 19.1. The Morgan fingerprint density at radius 2 is 1.79 bits per heavy atom. The zero-order valence-electron chi connectivity index (χ0n) is 17.3. The standard InChI is InChI=1S/C22H30FN5O/c1-4-24-22(26-15-17-8-10-20(23)11-9-17)27-16-18-6-5-7-19(14-18)21(29)25-12-13-28(2)3/h5-11,14H,4,12-13,15-16H2,1-3H3,(H,25,29)(H2,24,26,27). The summed E-state index contributed by atoms with van der Waals surface area (Å²) in [6.07, 6.45) is 0. The predicted octanol–water partition coefficient (Wildman–Crippen LogP) is 2.37. The number of hydrogen-bond acceptors (Lipinski definition) is 3. The van der Waals surface area contributed by atoms with Gasteiger partial charge in [-0.2, -0.15) is 0 Å². The van der Waals surface area contributed by atoms with E-state index in [1.165, 1.54) is 12.1 Å². The average molecular weight is 400 g/mol. The van der Waals surface area contributed by atoms with Crippen LogP contribution in [0.1, 0.15) is 28.4 Å². The van der Waals surface area contributed by atoms with Crippen LogP contribution in [0.5, 0.6) is 0 Å². The Bertz CT molecular complexity index is 805. The highest BCUT2D eigenvalue weighted by Gasteiger charge is 2.06. The summed E-state index contributed by atoms with van der Waals surface area (Å²) in [5.74, 6) is 0.330. The molecule has 0 unspecified atom stereocenters. The van der Waals surface area contributed by atoms with E-state index in [2.05, 4.69) is 20.9 Å². The molecule has 0 bridgehead atoms. The van der Waals surface area contributed by atoms with Crippen molar-refractivity contribution in [2.75, 3.05) is 33.7 Å². The first kappa shape index (κ1) is 22.4. The highest BCUT2D eigenvalue weighted by Crippen LogP contribution is 2.07. The van der Waals surface area contributed by atoms with Crippen molar-refractivity contribution in [2.24, 2.45) is 4.99 Å². The van der Waals surface area contributed by atoms with Crippen molar-refractivity contribution in [2.45, 2.75) is 20.0 Å². The molecule has 156 valence electrons. The third kappa shape index (κ3) is 8.31. The fourth-order valence-electron chi connectivity index (χ4n) is 2.61. The number of likely N-dealkylation sites (N-methyl/N-ethyl adjacent to an activating group) is 1. The van der Waals surface area contributed by atoms with Gasteiger partial charge in [0.05, 0.1) is 6.54 Å². The van der Waals surface area contributed by atoms with E-state index < -0.39 is 0 Å². The Balaban J connectivity index is 1.95. The highest BCUT2D eigenvalue weighted by molar-refractivity contribution is 5.94. The number of amides is 1. The first-order valence-corrected chi connectivity index (χ1v) is 9.76. The second-order valence-corrected chi connectivity index (χ2v) is 6.93. The summed E-state index contributed by atoms with van der Waals surface area (Å²) in [7, 11) is 3.94.